The van der Waals surface area contributed by atoms with Crippen LogP contribution in [0.25, 0.3) is 10.2 Å². The van der Waals surface area contributed by atoms with E-state index < -0.39 is 5.60 Å². The van der Waals surface area contributed by atoms with E-state index in [1.807, 2.05) is 32.2 Å². The van der Waals surface area contributed by atoms with Gasteiger partial charge in [-0.3, -0.25) is 0 Å². The number of carbonyl (C=O) groups is 1. The first kappa shape index (κ1) is 16.0. The highest BCUT2D eigenvalue weighted by Crippen LogP contribution is 2.28. The van der Waals surface area contributed by atoms with E-state index in [1.165, 1.54) is 0 Å². The second kappa shape index (κ2) is 6.31. The molecular weight excluding hydrogens is 312 g/mol. The topological polar surface area (TPSA) is 58.6 Å². The molecule has 0 spiro atoms. The molecule has 0 unspecified atom stereocenters. The van der Waals surface area contributed by atoms with Gasteiger partial charge in [0.25, 0.3) is 0 Å². The summed E-state index contributed by atoms with van der Waals surface area (Å²) in [5.41, 5.74) is 0.520. The smallest absolute Gasteiger partial charge is 0.410 e. The van der Waals surface area contributed by atoms with Crippen LogP contribution in [-0.2, 0) is 4.74 Å². The Kier molecular flexibility index (Phi) is 4.39. The number of rotatable bonds is 1. The lowest BCUT2D eigenvalue weighted by Crippen LogP contribution is -2.39. The van der Waals surface area contributed by atoms with Crippen molar-refractivity contribution in [3.05, 3.63) is 17.8 Å². The third-order valence-electron chi connectivity index (χ3n) is 3.67. The van der Waals surface area contributed by atoms with Crippen LogP contribution >= 0.6 is 11.3 Å². The van der Waals surface area contributed by atoms with E-state index in [9.17, 15) is 4.79 Å². The second-order valence-corrected chi connectivity index (χ2v) is 7.56. The van der Waals surface area contributed by atoms with Crippen LogP contribution in [0.15, 0.2) is 17.8 Å². The van der Waals surface area contributed by atoms with Gasteiger partial charge in [-0.25, -0.2) is 14.8 Å². The molecule has 1 amide bonds. The molecule has 124 valence electrons. The van der Waals surface area contributed by atoms with Gasteiger partial charge in [0.15, 0.2) is 0 Å². The number of hydrogen-bond donors (Lipinski definition) is 0. The molecule has 0 N–H and O–H groups in total. The van der Waals surface area contributed by atoms with Crippen LogP contribution in [0.3, 0.4) is 0 Å². The largest absolute Gasteiger partial charge is 0.444 e. The summed E-state index contributed by atoms with van der Waals surface area (Å²) >= 11 is 1.66. The van der Waals surface area contributed by atoms with Crippen molar-refractivity contribution in [1.29, 1.82) is 0 Å². The molecule has 23 heavy (non-hydrogen) atoms. The van der Waals surface area contributed by atoms with Crippen LogP contribution in [0.1, 0.15) is 27.2 Å². The molecule has 7 heteroatoms. The van der Waals surface area contributed by atoms with Gasteiger partial charge >= 0.3 is 6.09 Å². The van der Waals surface area contributed by atoms with Crippen molar-refractivity contribution >= 4 is 33.5 Å². The molecule has 0 atom stereocenters. The van der Waals surface area contributed by atoms with Crippen molar-refractivity contribution < 1.29 is 9.53 Å². The Hall–Kier alpha value is -1.89. The van der Waals surface area contributed by atoms with Gasteiger partial charge in [-0.15, -0.1) is 11.3 Å². The third kappa shape index (κ3) is 3.72. The zero-order valence-electron chi connectivity index (χ0n) is 13.8. The van der Waals surface area contributed by atoms with Crippen LogP contribution in [-0.4, -0.2) is 52.7 Å². The zero-order valence-corrected chi connectivity index (χ0v) is 14.6. The minimum Gasteiger partial charge on any atom is -0.444 e. The molecule has 2 aromatic rings. The number of aromatic nitrogens is 2. The average molecular weight is 334 g/mol. The zero-order chi connectivity index (χ0) is 16.4. The van der Waals surface area contributed by atoms with Crippen molar-refractivity contribution in [2.75, 3.05) is 31.1 Å². The molecule has 0 aromatic carbocycles. The molecule has 0 aliphatic carbocycles. The lowest BCUT2D eigenvalue weighted by molar-refractivity contribution is 0.0263. The van der Waals surface area contributed by atoms with E-state index in [0.717, 1.165) is 35.5 Å². The number of anilines is 1. The first-order valence-electron chi connectivity index (χ1n) is 7.85. The van der Waals surface area contributed by atoms with E-state index in [2.05, 4.69) is 14.9 Å². The number of nitrogens with zero attached hydrogens (tertiary/aromatic N) is 4. The Morgan fingerprint density at radius 3 is 2.83 bits per heavy atom. The Morgan fingerprint density at radius 2 is 2.04 bits per heavy atom. The monoisotopic (exact) mass is 334 g/mol. The standard InChI is InChI=1S/C16H22N4O2S/c1-16(2,3)22-15(21)20-7-4-6-19(8-9-20)14-13-12(5-10-23-13)17-11-18-14/h5,10-11H,4,6-9H2,1-3H3. The number of carbonyl (C=O) groups excluding carboxylic acids is 1. The average Bonchev–Trinajstić information content (AvgIpc) is 2.81. The number of thiophene rings is 1. The van der Waals surface area contributed by atoms with Crippen LogP contribution in [0.5, 0.6) is 0 Å². The van der Waals surface area contributed by atoms with Gasteiger partial charge in [0.2, 0.25) is 0 Å². The Balaban J connectivity index is 1.71. The van der Waals surface area contributed by atoms with Gasteiger partial charge in [0.05, 0.1) is 10.2 Å². The second-order valence-electron chi connectivity index (χ2n) is 6.64. The van der Waals surface area contributed by atoms with E-state index in [0.29, 0.717) is 13.1 Å². The summed E-state index contributed by atoms with van der Waals surface area (Å²) in [6.07, 6.45) is 2.28. The highest BCUT2D eigenvalue weighted by atomic mass is 32.1. The predicted octanol–water partition coefficient (Wildman–Crippen LogP) is 3.14. The van der Waals surface area contributed by atoms with Crippen LogP contribution in [0.2, 0.25) is 0 Å². The van der Waals surface area contributed by atoms with E-state index in [1.54, 1.807) is 22.6 Å². The number of ether oxygens (including phenoxy) is 1. The minimum absolute atomic E-state index is 0.233. The van der Waals surface area contributed by atoms with Crippen LogP contribution < -0.4 is 4.90 Å². The highest BCUT2D eigenvalue weighted by molar-refractivity contribution is 7.17. The normalized spacial score (nSPS) is 16.5. The summed E-state index contributed by atoms with van der Waals surface area (Å²) < 4.78 is 6.59. The van der Waals surface area contributed by atoms with Gasteiger partial charge in [-0.1, -0.05) is 0 Å². The number of fused-ring (bicyclic) bond motifs is 1. The van der Waals surface area contributed by atoms with Crippen molar-refractivity contribution in [3.63, 3.8) is 0 Å². The van der Waals surface area contributed by atoms with Crippen molar-refractivity contribution in [3.8, 4) is 0 Å². The summed E-state index contributed by atoms with van der Waals surface area (Å²) in [6, 6.07) is 2.01. The predicted molar refractivity (Wildman–Crippen MR) is 92.1 cm³/mol. The van der Waals surface area contributed by atoms with Gasteiger partial charge in [-0.2, -0.15) is 0 Å². The molecular formula is C16H22N4O2S. The first-order chi connectivity index (χ1) is 10.9. The van der Waals surface area contributed by atoms with Crippen molar-refractivity contribution in [1.82, 2.24) is 14.9 Å². The molecule has 1 aliphatic rings. The summed E-state index contributed by atoms with van der Waals surface area (Å²) in [6.45, 7) is 8.67. The SMILES string of the molecule is CC(C)(C)OC(=O)N1CCCN(c2ncnc3ccsc23)CC1. The highest BCUT2D eigenvalue weighted by Gasteiger charge is 2.25. The quantitative estimate of drug-likeness (QED) is 0.802. The fourth-order valence-corrected chi connectivity index (χ4v) is 3.50. The van der Waals surface area contributed by atoms with Gasteiger partial charge in [0, 0.05) is 26.2 Å². The van der Waals surface area contributed by atoms with Crippen LogP contribution in [0.4, 0.5) is 10.6 Å². The molecule has 1 aliphatic heterocycles. The van der Waals surface area contributed by atoms with Gasteiger partial charge < -0.3 is 14.5 Å². The first-order valence-corrected chi connectivity index (χ1v) is 8.73. The molecule has 3 heterocycles. The Labute approximate surface area is 140 Å². The Morgan fingerprint density at radius 1 is 1.22 bits per heavy atom. The molecule has 0 saturated carbocycles. The van der Waals surface area contributed by atoms with E-state index in [-0.39, 0.29) is 6.09 Å². The molecule has 1 saturated heterocycles. The Bertz CT molecular complexity index is 695. The van der Waals surface area contributed by atoms with E-state index in [4.69, 9.17) is 4.74 Å². The maximum Gasteiger partial charge on any atom is 0.410 e. The summed E-state index contributed by atoms with van der Waals surface area (Å²) in [4.78, 5) is 25.0. The molecule has 6 nitrogen and oxygen atoms in total. The molecule has 2 aromatic heterocycles. The van der Waals surface area contributed by atoms with Crippen molar-refractivity contribution in [2.45, 2.75) is 32.8 Å². The number of amides is 1. The third-order valence-corrected chi connectivity index (χ3v) is 4.57. The maximum absolute atomic E-state index is 12.2. The fraction of sp³-hybridized carbons (Fsp3) is 0.562. The summed E-state index contributed by atoms with van der Waals surface area (Å²) in [7, 11) is 0. The lowest BCUT2D eigenvalue weighted by Gasteiger charge is -2.26. The fourth-order valence-electron chi connectivity index (χ4n) is 2.64. The molecule has 3 rings (SSSR count). The summed E-state index contributed by atoms with van der Waals surface area (Å²) in [5.74, 6) is 0.969. The molecule has 1 fully saturated rings. The minimum atomic E-state index is -0.459. The van der Waals surface area contributed by atoms with Crippen molar-refractivity contribution in [2.24, 2.45) is 0 Å². The molecule has 0 bridgehead atoms. The van der Waals surface area contributed by atoms with Crippen LogP contribution in [0, 0.1) is 0 Å². The van der Waals surface area contributed by atoms with E-state index >= 15 is 0 Å². The lowest BCUT2D eigenvalue weighted by atomic mass is 10.2. The van der Waals surface area contributed by atoms with Gasteiger partial charge in [0.1, 0.15) is 17.7 Å². The molecule has 0 radical (unpaired) electrons. The summed E-state index contributed by atoms with van der Waals surface area (Å²) in [5, 5.41) is 2.04. The maximum atomic E-state index is 12.2. The van der Waals surface area contributed by atoms with Gasteiger partial charge in [-0.05, 0) is 38.6 Å². The number of hydrogen-bond acceptors (Lipinski definition) is 6.